The number of halogens is 2. The molecule has 0 fully saturated rings. The number of alkyl halides is 2. The smallest absolute Gasteiger partial charge is 0.322 e. The lowest BCUT2D eigenvalue weighted by molar-refractivity contribution is 0.233. The molecule has 10 heteroatoms. The van der Waals surface area contributed by atoms with E-state index in [2.05, 4.69) is 20.8 Å². The Balaban J connectivity index is 4.08. The van der Waals surface area contributed by atoms with E-state index < -0.39 is 19.0 Å². The van der Waals surface area contributed by atoms with Crippen LogP contribution in [0.25, 0.3) is 0 Å². The molecular weight excluding hydrogens is 421 g/mol. The molecule has 0 aromatic rings. The van der Waals surface area contributed by atoms with Crippen molar-refractivity contribution in [2.75, 3.05) is 6.61 Å². The van der Waals surface area contributed by atoms with E-state index in [-0.39, 0.29) is 12.5 Å². The van der Waals surface area contributed by atoms with Crippen LogP contribution >= 0.6 is 38.4 Å². The van der Waals surface area contributed by atoms with E-state index >= 15 is 0 Å². The molecule has 0 bridgehead atoms. The summed E-state index contributed by atoms with van der Waals surface area (Å²) in [5, 5.41) is 0. The topological polar surface area (TPSA) is 104 Å². The molecule has 26 heavy (non-hydrogen) atoms. The van der Waals surface area contributed by atoms with E-state index in [1.807, 2.05) is 6.92 Å². The van der Waals surface area contributed by atoms with Crippen molar-refractivity contribution in [2.24, 2.45) is 17.8 Å². The molecule has 0 aromatic heterocycles. The highest BCUT2D eigenvalue weighted by molar-refractivity contribution is 7.78. The van der Waals surface area contributed by atoms with Crippen molar-refractivity contribution < 1.29 is 28.3 Å². The summed E-state index contributed by atoms with van der Waals surface area (Å²) in [6.07, 6.45) is 7.41. The quantitative estimate of drug-likeness (QED) is 0.216. The third-order valence-corrected chi connectivity index (χ3v) is 10.5. The Labute approximate surface area is 167 Å². The molecular formula is C16H34Cl2O6P2. The van der Waals surface area contributed by atoms with Gasteiger partial charge in [-0.15, -0.1) is 0 Å². The first-order valence-electron chi connectivity index (χ1n) is 9.11. The number of rotatable bonds is 14. The Morgan fingerprint density at radius 1 is 0.846 bits per heavy atom. The van der Waals surface area contributed by atoms with Gasteiger partial charge in [0.15, 0.2) is 0 Å². The third kappa shape index (κ3) is 9.89. The molecule has 0 amide bonds. The zero-order chi connectivity index (χ0) is 20.6. The summed E-state index contributed by atoms with van der Waals surface area (Å²) >= 11 is 10.7. The lowest BCUT2D eigenvalue weighted by Crippen LogP contribution is -2.16. The molecule has 0 radical (unpaired) electrons. The standard InChI is InChI=1S/C16H34Cl2O6P2/c1-13(2)7-5-8-14(3)9-6-10-15(4)11-12-24-26(22,23)16(17,18)25(19,20)21/h13-15H,5-12H2,1-4H3,(H,22,23)(H2,19,20,21). The predicted molar refractivity (Wildman–Crippen MR) is 108 cm³/mol. The zero-order valence-corrected chi connectivity index (χ0v) is 19.4. The summed E-state index contributed by atoms with van der Waals surface area (Å²) in [5.41, 5.74) is 0. The molecule has 0 aromatic carbocycles. The Bertz CT molecular complexity index is 495. The van der Waals surface area contributed by atoms with Crippen LogP contribution in [0.1, 0.15) is 72.6 Å². The van der Waals surface area contributed by atoms with E-state index in [9.17, 15) is 14.0 Å². The Morgan fingerprint density at radius 3 is 1.69 bits per heavy atom. The maximum absolute atomic E-state index is 11.9. The molecule has 0 aliphatic rings. The molecule has 3 atom stereocenters. The van der Waals surface area contributed by atoms with Crippen molar-refractivity contribution >= 4 is 38.4 Å². The van der Waals surface area contributed by atoms with Gasteiger partial charge in [-0.3, -0.25) is 9.13 Å². The van der Waals surface area contributed by atoms with Crippen LogP contribution in [0, 0.1) is 17.8 Å². The predicted octanol–water partition coefficient (Wildman–Crippen LogP) is 6.11. The molecule has 158 valence electrons. The summed E-state index contributed by atoms with van der Waals surface area (Å²) in [6, 6.07) is 0. The molecule has 0 rings (SSSR count). The highest BCUT2D eigenvalue weighted by atomic mass is 35.5. The first-order valence-corrected chi connectivity index (χ1v) is 13.1. The Morgan fingerprint density at radius 2 is 1.27 bits per heavy atom. The zero-order valence-electron chi connectivity index (χ0n) is 16.1. The van der Waals surface area contributed by atoms with Gasteiger partial charge in [0, 0.05) is 0 Å². The molecule has 0 spiro atoms. The second-order valence-electron chi connectivity index (χ2n) is 7.66. The molecule has 0 saturated carbocycles. The molecule has 0 saturated heterocycles. The first-order chi connectivity index (χ1) is 11.7. The summed E-state index contributed by atoms with van der Waals surface area (Å²) in [6.45, 7) is 8.60. The summed E-state index contributed by atoms with van der Waals surface area (Å²) < 4.78 is 24.6. The summed E-state index contributed by atoms with van der Waals surface area (Å²) in [7, 11) is -10.1. The van der Waals surface area contributed by atoms with Crippen molar-refractivity contribution in [2.45, 2.75) is 76.5 Å². The average molecular weight is 455 g/mol. The molecule has 3 unspecified atom stereocenters. The van der Waals surface area contributed by atoms with Crippen molar-refractivity contribution in [1.82, 2.24) is 0 Å². The van der Waals surface area contributed by atoms with Crippen LogP contribution in [0.4, 0.5) is 0 Å². The fourth-order valence-corrected chi connectivity index (χ4v) is 4.89. The fourth-order valence-electron chi connectivity index (χ4n) is 2.60. The minimum absolute atomic E-state index is 0.139. The fraction of sp³-hybridized carbons (Fsp3) is 1.00. The number of hydrogen-bond acceptors (Lipinski definition) is 3. The Hall–Kier alpha value is 0.880. The lowest BCUT2D eigenvalue weighted by Gasteiger charge is -2.25. The monoisotopic (exact) mass is 454 g/mol. The summed E-state index contributed by atoms with van der Waals surface area (Å²) in [5.74, 6) is 1.69. The van der Waals surface area contributed by atoms with Crippen LogP contribution in [0.5, 0.6) is 0 Å². The normalized spacial score (nSPS) is 17.9. The van der Waals surface area contributed by atoms with Crippen molar-refractivity contribution in [3.8, 4) is 0 Å². The number of hydrogen-bond donors (Lipinski definition) is 3. The molecule has 0 heterocycles. The molecule has 0 aliphatic carbocycles. The van der Waals surface area contributed by atoms with Gasteiger partial charge in [-0.1, -0.05) is 89.4 Å². The van der Waals surface area contributed by atoms with Gasteiger partial charge in [-0.2, -0.15) is 0 Å². The van der Waals surface area contributed by atoms with Gasteiger partial charge in [0.05, 0.1) is 6.61 Å². The maximum Gasteiger partial charge on any atom is 0.376 e. The van der Waals surface area contributed by atoms with Crippen LogP contribution in [-0.4, -0.2) is 25.1 Å². The van der Waals surface area contributed by atoms with Gasteiger partial charge in [0.1, 0.15) is 0 Å². The highest BCUT2D eigenvalue weighted by Gasteiger charge is 2.60. The third-order valence-electron chi connectivity index (χ3n) is 4.44. The van der Waals surface area contributed by atoms with Gasteiger partial charge >= 0.3 is 19.0 Å². The maximum atomic E-state index is 11.9. The van der Waals surface area contributed by atoms with Gasteiger partial charge in [-0.25, -0.2) is 0 Å². The van der Waals surface area contributed by atoms with Gasteiger partial charge in [0.25, 0.3) is 0 Å². The SMILES string of the molecule is CC(C)CCCC(C)CCCC(C)CCOP(=O)(O)C(Cl)(Cl)P(=O)(O)O. The minimum atomic E-state index is -5.21. The van der Waals surface area contributed by atoms with Gasteiger partial charge < -0.3 is 19.2 Å². The van der Waals surface area contributed by atoms with E-state index in [1.54, 1.807) is 0 Å². The highest BCUT2D eigenvalue weighted by Crippen LogP contribution is 2.75. The second-order valence-corrected chi connectivity index (χ2v) is 14.1. The van der Waals surface area contributed by atoms with Crippen LogP contribution in [-0.2, 0) is 13.7 Å². The van der Waals surface area contributed by atoms with Gasteiger partial charge in [0.2, 0.25) is 0 Å². The molecule has 6 nitrogen and oxygen atoms in total. The largest absolute Gasteiger partial charge is 0.376 e. The van der Waals surface area contributed by atoms with Gasteiger partial charge in [-0.05, 0) is 24.2 Å². The van der Waals surface area contributed by atoms with Crippen LogP contribution in [0.3, 0.4) is 0 Å². The van der Waals surface area contributed by atoms with E-state index in [0.717, 1.165) is 25.2 Å². The van der Waals surface area contributed by atoms with E-state index in [1.165, 1.54) is 19.3 Å². The van der Waals surface area contributed by atoms with Crippen LogP contribution in [0.2, 0.25) is 0 Å². The molecule has 0 aliphatic heterocycles. The first kappa shape index (κ1) is 26.9. The lowest BCUT2D eigenvalue weighted by atomic mass is 9.93. The van der Waals surface area contributed by atoms with Crippen molar-refractivity contribution in [1.29, 1.82) is 0 Å². The second kappa shape index (κ2) is 11.8. The van der Waals surface area contributed by atoms with Crippen molar-refractivity contribution in [3.05, 3.63) is 0 Å². The average Bonchev–Trinajstić information content (AvgIpc) is 2.45. The van der Waals surface area contributed by atoms with Crippen LogP contribution in [0.15, 0.2) is 0 Å². The molecule has 3 N–H and O–H groups in total. The minimum Gasteiger partial charge on any atom is -0.322 e. The van der Waals surface area contributed by atoms with E-state index in [0.29, 0.717) is 12.3 Å². The summed E-state index contributed by atoms with van der Waals surface area (Å²) in [4.78, 5) is 27.6. The van der Waals surface area contributed by atoms with Crippen molar-refractivity contribution in [3.63, 3.8) is 0 Å². The Kier molecular flexibility index (Phi) is 12.2. The van der Waals surface area contributed by atoms with Crippen LogP contribution < -0.4 is 0 Å². The van der Waals surface area contributed by atoms with E-state index in [4.69, 9.17) is 37.5 Å².